The van der Waals surface area contributed by atoms with E-state index < -0.39 is 0 Å². The lowest BCUT2D eigenvalue weighted by atomic mass is 9.94. The molecule has 0 radical (unpaired) electrons. The molecule has 3 rings (SSSR count). The molecule has 0 saturated heterocycles. The molecule has 1 aliphatic carbocycles. The lowest BCUT2D eigenvalue weighted by Gasteiger charge is -2.27. The highest BCUT2D eigenvalue weighted by Gasteiger charge is 2.23. The van der Waals surface area contributed by atoms with E-state index in [9.17, 15) is 4.79 Å². The van der Waals surface area contributed by atoms with Crippen LogP contribution in [0, 0.1) is 5.92 Å². The monoisotopic (exact) mass is 294 g/mol. The number of hydrogen-bond acceptors (Lipinski definition) is 2. The number of amides is 1. The summed E-state index contributed by atoms with van der Waals surface area (Å²) in [6.07, 6.45) is 5.50. The molecule has 1 aromatic rings. The Morgan fingerprint density at radius 2 is 2.10 bits per heavy atom. The van der Waals surface area contributed by atoms with E-state index in [0.29, 0.717) is 13.0 Å². The highest BCUT2D eigenvalue weighted by atomic mass is 35.5. The molecule has 2 aliphatic rings. The van der Waals surface area contributed by atoms with Crippen molar-refractivity contribution in [2.24, 2.45) is 5.92 Å². The number of benzene rings is 1. The molecule has 110 valence electrons. The number of halogens is 1. The zero-order valence-electron chi connectivity index (χ0n) is 11.7. The number of carbonyl (C=O) groups is 1. The summed E-state index contributed by atoms with van der Waals surface area (Å²) in [5.74, 6) is 1.04. The van der Waals surface area contributed by atoms with Crippen molar-refractivity contribution < 1.29 is 4.79 Å². The Labute approximate surface area is 126 Å². The molecule has 3 nitrogen and oxygen atoms in total. The number of carbonyl (C=O) groups excluding carboxylic acids is 1. The summed E-state index contributed by atoms with van der Waals surface area (Å²) in [7, 11) is 0. The second kappa shape index (κ2) is 7.09. The van der Waals surface area contributed by atoms with Crippen LogP contribution in [0.3, 0.4) is 0 Å². The number of fused-ring (bicyclic) bond motifs is 1. The molecule has 1 unspecified atom stereocenters. The van der Waals surface area contributed by atoms with Gasteiger partial charge in [-0.2, -0.15) is 0 Å². The van der Waals surface area contributed by atoms with Crippen LogP contribution in [-0.4, -0.2) is 19.0 Å². The Hall–Kier alpha value is -1.06. The maximum Gasteiger partial charge on any atom is 0.220 e. The van der Waals surface area contributed by atoms with E-state index in [-0.39, 0.29) is 24.4 Å². The van der Waals surface area contributed by atoms with Crippen molar-refractivity contribution in [1.82, 2.24) is 10.6 Å². The molecule has 0 spiro atoms. The van der Waals surface area contributed by atoms with Crippen LogP contribution < -0.4 is 10.6 Å². The van der Waals surface area contributed by atoms with Crippen molar-refractivity contribution in [1.29, 1.82) is 0 Å². The van der Waals surface area contributed by atoms with Crippen LogP contribution >= 0.6 is 12.4 Å². The van der Waals surface area contributed by atoms with Gasteiger partial charge in [-0.3, -0.25) is 4.79 Å². The first-order chi connectivity index (χ1) is 9.33. The molecule has 1 atom stereocenters. The zero-order valence-corrected chi connectivity index (χ0v) is 12.5. The minimum absolute atomic E-state index is 0. The molecule has 2 N–H and O–H groups in total. The topological polar surface area (TPSA) is 41.1 Å². The van der Waals surface area contributed by atoms with Gasteiger partial charge in [-0.05, 0) is 36.4 Å². The molecule has 1 saturated carbocycles. The summed E-state index contributed by atoms with van der Waals surface area (Å²) < 4.78 is 0. The van der Waals surface area contributed by atoms with E-state index in [1.165, 1.54) is 24.0 Å². The largest absolute Gasteiger partial charge is 0.354 e. The molecule has 1 amide bonds. The standard InChI is InChI=1S/C16H22N2O.ClH/c19-16(8-7-12-5-6-12)18-11-15-14-4-2-1-3-13(14)9-10-17-15;/h1-4,12,15,17H,5-11H2,(H,18,19);1H. The average Bonchev–Trinajstić information content (AvgIpc) is 3.27. The summed E-state index contributed by atoms with van der Waals surface area (Å²) >= 11 is 0. The highest BCUT2D eigenvalue weighted by molar-refractivity contribution is 5.85. The van der Waals surface area contributed by atoms with Crippen LogP contribution in [-0.2, 0) is 11.2 Å². The number of rotatable bonds is 5. The normalized spacial score (nSPS) is 20.7. The molecule has 4 heteroatoms. The summed E-state index contributed by atoms with van der Waals surface area (Å²) in [5, 5.41) is 6.57. The lowest BCUT2D eigenvalue weighted by molar-refractivity contribution is -0.121. The Balaban J connectivity index is 0.00000147. The van der Waals surface area contributed by atoms with Crippen LogP contribution in [0.1, 0.15) is 42.9 Å². The average molecular weight is 295 g/mol. The van der Waals surface area contributed by atoms with Crippen LogP contribution in [0.25, 0.3) is 0 Å². The Bertz CT molecular complexity index is 460. The second-order valence-electron chi connectivity index (χ2n) is 5.74. The van der Waals surface area contributed by atoms with Gasteiger partial charge in [-0.25, -0.2) is 0 Å². The van der Waals surface area contributed by atoms with Crippen molar-refractivity contribution >= 4 is 18.3 Å². The van der Waals surface area contributed by atoms with Crippen molar-refractivity contribution in [3.8, 4) is 0 Å². The van der Waals surface area contributed by atoms with Gasteiger partial charge in [-0.15, -0.1) is 12.4 Å². The van der Waals surface area contributed by atoms with E-state index in [1.54, 1.807) is 0 Å². The van der Waals surface area contributed by atoms with Crippen LogP contribution in [0.5, 0.6) is 0 Å². The summed E-state index contributed by atoms with van der Waals surface area (Å²) in [5.41, 5.74) is 2.76. The smallest absolute Gasteiger partial charge is 0.220 e. The SMILES string of the molecule is Cl.O=C(CCC1CC1)NCC1NCCc2ccccc21. The summed E-state index contributed by atoms with van der Waals surface area (Å²) in [6.45, 7) is 1.71. The fourth-order valence-electron chi connectivity index (χ4n) is 2.82. The van der Waals surface area contributed by atoms with Gasteiger partial charge < -0.3 is 10.6 Å². The second-order valence-corrected chi connectivity index (χ2v) is 5.74. The number of hydrogen-bond donors (Lipinski definition) is 2. The van der Waals surface area contributed by atoms with E-state index in [4.69, 9.17) is 0 Å². The molecule has 0 aromatic heterocycles. The van der Waals surface area contributed by atoms with Gasteiger partial charge in [-0.1, -0.05) is 37.1 Å². The van der Waals surface area contributed by atoms with Crippen LogP contribution in [0.2, 0.25) is 0 Å². The van der Waals surface area contributed by atoms with Crippen LogP contribution in [0.15, 0.2) is 24.3 Å². The molecule has 1 heterocycles. The first-order valence-electron chi connectivity index (χ1n) is 7.41. The summed E-state index contributed by atoms with van der Waals surface area (Å²) in [4.78, 5) is 11.8. The molecule has 20 heavy (non-hydrogen) atoms. The van der Waals surface area contributed by atoms with Gasteiger partial charge in [0.05, 0.1) is 0 Å². The molecule has 0 bridgehead atoms. The van der Waals surface area contributed by atoms with E-state index in [0.717, 1.165) is 25.3 Å². The first-order valence-corrected chi connectivity index (χ1v) is 7.41. The predicted octanol–water partition coefficient (Wildman–Crippen LogP) is 2.60. The third-order valence-electron chi connectivity index (χ3n) is 4.20. The third kappa shape index (κ3) is 3.97. The van der Waals surface area contributed by atoms with Gasteiger partial charge >= 0.3 is 0 Å². The highest BCUT2D eigenvalue weighted by Crippen LogP contribution is 2.33. The summed E-state index contributed by atoms with van der Waals surface area (Å²) in [6, 6.07) is 8.80. The van der Waals surface area contributed by atoms with Gasteiger partial charge in [0, 0.05) is 19.0 Å². The van der Waals surface area contributed by atoms with Gasteiger partial charge in [0.25, 0.3) is 0 Å². The van der Waals surface area contributed by atoms with Crippen molar-refractivity contribution in [3.63, 3.8) is 0 Å². The quantitative estimate of drug-likeness (QED) is 0.876. The molecular formula is C16H23ClN2O. The van der Waals surface area contributed by atoms with Crippen LogP contribution in [0.4, 0.5) is 0 Å². The lowest BCUT2D eigenvalue weighted by Crippen LogP contribution is -2.38. The molecule has 1 fully saturated rings. The number of nitrogens with one attached hydrogen (secondary N) is 2. The van der Waals surface area contributed by atoms with Gasteiger partial charge in [0.15, 0.2) is 0 Å². The molecule has 1 aromatic carbocycles. The Kier molecular flexibility index (Phi) is 5.44. The molecular weight excluding hydrogens is 272 g/mol. The van der Waals surface area contributed by atoms with E-state index in [1.807, 2.05) is 0 Å². The van der Waals surface area contributed by atoms with Gasteiger partial charge in [0.2, 0.25) is 5.91 Å². The Morgan fingerprint density at radius 3 is 2.90 bits per heavy atom. The maximum atomic E-state index is 11.8. The van der Waals surface area contributed by atoms with Gasteiger partial charge in [0.1, 0.15) is 0 Å². The minimum Gasteiger partial charge on any atom is -0.354 e. The maximum absolute atomic E-state index is 11.8. The fourth-order valence-corrected chi connectivity index (χ4v) is 2.82. The van der Waals surface area contributed by atoms with Crippen molar-refractivity contribution in [2.75, 3.05) is 13.1 Å². The minimum atomic E-state index is 0. The van der Waals surface area contributed by atoms with Crippen molar-refractivity contribution in [3.05, 3.63) is 35.4 Å². The first kappa shape index (κ1) is 15.3. The van der Waals surface area contributed by atoms with Crippen molar-refractivity contribution in [2.45, 2.75) is 38.1 Å². The Morgan fingerprint density at radius 1 is 1.30 bits per heavy atom. The zero-order chi connectivity index (χ0) is 13.1. The molecule has 1 aliphatic heterocycles. The third-order valence-corrected chi connectivity index (χ3v) is 4.20. The predicted molar refractivity (Wildman–Crippen MR) is 83.1 cm³/mol. The van der Waals surface area contributed by atoms with E-state index >= 15 is 0 Å². The fraction of sp³-hybridized carbons (Fsp3) is 0.562. The van der Waals surface area contributed by atoms with E-state index in [2.05, 4.69) is 34.9 Å².